The minimum absolute atomic E-state index is 0.173. The van der Waals surface area contributed by atoms with Crippen molar-refractivity contribution in [1.82, 2.24) is 10.2 Å². The number of carbonyl (C=O) groups is 1. The fourth-order valence-electron chi connectivity index (χ4n) is 2.72. The first-order chi connectivity index (χ1) is 8.60. The number of halogens is 1. The molecular formula is C14H27ClN2O. The smallest absolute Gasteiger partial charge is 0.220 e. The lowest BCUT2D eigenvalue weighted by molar-refractivity contribution is -0.121. The van der Waals surface area contributed by atoms with Gasteiger partial charge in [-0.25, -0.2) is 0 Å². The van der Waals surface area contributed by atoms with Gasteiger partial charge in [0.05, 0.1) is 0 Å². The maximum Gasteiger partial charge on any atom is 0.220 e. The molecule has 0 bridgehead atoms. The summed E-state index contributed by atoms with van der Waals surface area (Å²) in [5, 5.41) is 3.11. The molecule has 0 aromatic heterocycles. The van der Waals surface area contributed by atoms with E-state index in [4.69, 9.17) is 11.6 Å². The summed E-state index contributed by atoms with van der Waals surface area (Å²) in [6.45, 7) is 0.791. The summed E-state index contributed by atoms with van der Waals surface area (Å²) in [6.07, 6.45) is 8.71. The molecule has 4 heteroatoms. The molecule has 106 valence electrons. The molecule has 18 heavy (non-hydrogen) atoms. The summed E-state index contributed by atoms with van der Waals surface area (Å²) in [7, 11) is 4.26. The van der Waals surface area contributed by atoms with Crippen LogP contribution < -0.4 is 5.32 Å². The Kier molecular flexibility index (Phi) is 7.02. The van der Waals surface area contributed by atoms with Crippen LogP contribution in [0.1, 0.15) is 51.4 Å². The quantitative estimate of drug-likeness (QED) is 0.572. The Morgan fingerprint density at radius 1 is 1.22 bits per heavy atom. The molecular weight excluding hydrogens is 248 g/mol. The summed E-state index contributed by atoms with van der Waals surface area (Å²) < 4.78 is 0. The van der Waals surface area contributed by atoms with E-state index in [-0.39, 0.29) is 11.4 Å². The van der Waals surface area contributed by atoms with E-state index in [0.29, 0.717) is 12.3 Å². The number of hydrogen-bond donors (Lipinski definition) is 1. The van der Waals surface area contributed by atoms with Crippen molar-refractivity contribution in [3.05, 3.63) is 0 Å². The Hall–Kier alpha value is -0.280. The van der Waals surface area contributed by atoms with Crippen LogP contribution in [0.2, 0.25) is 0 Å². The molecule has 0 unspecified atom stereocenters. The van der Waals surface area contributed by atoms with Crippen LogP contribution in [0.15, 0.2) is 0 Å². The fourth-order valence-corrected chi connectivity index (χ4v) is 2.91. The fraction of sp³-hybridized carbons (Fsp3) is 0.929. The van der Waals surface area contributed by atoms with Crippen LogP contribution in [0.25, 0.3) is 0 Å². The first kappa shape index (κ1) is 15.8. The standard InChI is InChI=1S/C14H27ClN2O/c1-17(2)14(9-5-3-6-10-14)12-16-13(18)8-4-7-11-15/h3-12H2,1-2H3,(H,16,18). The second-order valence-electron chi connectivity index (χ2n) is 5.60. The average molecular weight is 275 g/mol. The van der Waals surface area contributed by atoms with Gasteiger partial charge >= 0.3 is 0 Å². The molecule has 1 fully saturated rings. The van der Waals surface area contributed by atoms with E-state index in [1.807, 2.05) is 0 Å². The molecule has 1 aliphatic rings. The molecule has 1 rings (SSSR count). The zero-order chi connectivity index (χ0) is 13.4. The molecule has 0 spiro atoms. The first-order valence-electron chi connectivity index (χ1n) is 7.11. The summed E-state index contributed by atoms with van der Waals surface area (Å²) in [4.78, 5) is 14.0. The van der Waals surface area contributed by atoms with Crippen molar-refractivity contribution in [3.8, 4) is 0 Å². The normalized spacial score (nSPS) is 18.9. The van der Waals surface area contributed by atoms with Crippen LogP contribution >= 0.6 is 11.6 Å². The van der Waals surface area contributed by atoms with Gasteiger partial charge in [0.2, 0.25) is 5.91 Å². The Balaban J connectivity index is 2.35. The number of nitrogens with one attached hydrogen (secondary N) is 1. The number of alkyl halides is 1. The lowest BCUT2D eigenvalue weighted by atomic mass is 9.80. The van der Waals surface area contributed by atoms with Gasteiger partial charge in [-0.05, 0) is 39.8 Å². The molecule has 0 aromatic rings. The summed E-state index contributed by atoms with van der Waals surface area (Å²) in [6, 6.07) is 0. The van der Waals surface area contributed by atoms with Crippen molar-refractivity contribution in [3.63, 3.8) is 0 Å². The first-order valence-corrected chi connectivity index (χ1v) is 7.64. The summed E-state index contributed by atoms with van der Waals surface area (Å²) >= 11 is 5.61. The number of rotatable bonds is 7. The maximum absolute atomic E-state index is 11.8. The Bertz CT molecular complexity index is 250. The van der Waals surface area contributed by atoms with Crippen molar-refractivity contribution in [1.29, 1.82) is 0 Å². The third kappa shape index (κ3) is 4.77. The molecule has 1 N–H and O–H groups in total. The largest absolute Gasteiger partial charge is 0.354 e. The second-order valence-corrected chi connectivity index (χ2v) is 5.98. The van der Waals surface area contributed by atoms with E-state index in [2.05, 4.69) is 24.3 Å². The number of carbonyl (C=O) groups excluding carboxylic acids is 1. The zero-order valence-corrected chi connectivity index (χ0v) is 12.6. The molecule has 1 saturated carbocycles. The molecule has 1 amide bonds. The Labute approximate surface area is 116 Å². The van der Waals surface area contributed by atoms with Gasteiger partial charge in [-0.1, -0.05) is 19.3 Å². The molecule has 0 aromatic carbocycles. The lowest BCUT2D eigenvalue weighted by Crippen LogP contribution is -2.53. The van der Waals surface area contributed by atoms with Gasteiger partial charge in [-0.2, -0.15) is 0 Å². The highest BCUT2D eigenvalue weighted by atomic mass is 35.5. The summed E-state index contributed by atoms with van der Waals surface area (Å²) in [5.74, 6) is 0.821. The van der Waals surface area contributed by atoms with Gasteiger partial charge in [0.15, 0.2) is 0 Å². The van der Waals surface area contributed by atoms with Crippen LogP contribution in [0.4, 0.5) is 0 Å². The Morgan fingerprint density at radius 2 is 1.89 bits per heavy atom. The monoisotopic (exact) mass is 274 g/mol. The predicted octanol–water partition coefficient (Wildman–Crippen LogP) is 2.78. The van der Waals surface area contributed by atoms with Crippen molar-refractivity contribution < 1.29 is 4.79 Å². The minimum atomic E-state index is 0.173. The molecule has 0 atom stereocenters. The van der Waals surface area contributed by atoms with Crippen LogP contribution in [0.3, 0.4) is 0 Å². The van der Waals surface area contributed by atoms with Crippen molar-refractivity contribution in [2.24, 2.45) is 0 Å². The van der Waals surface area contributed by atoms with E-state index in [0.717, 1.165) is 19.4 Å². The van der Waals surface area contributed by atoms with Gasteiger partial charge in [0.25, 0.3) is 0 Å². The molecule has 0 saturated heterocycles. The van der Waals surface area contributed by atoms with Gasteiger partial charge in [-0.15, -0.1) is 11.6 Å². The lowest BCUT2D eigenvalue weighted by Gasteiger charge is -2.43. The number of likely N-dealkylation sites (N-methyl/N-ethyl adjacent to an activating group) is 1. The predicted molar refractivity (Wildman–Crippen MR) is 77.1 cm³/mol. The maximum atomic E-state index is 11.8. The highest BCUT2D eigenvalue weighted by molar-refractivity contribution is 6.17. The van der Waals surface area contributed by atoms with Crippen LogP contribution in [0, 0.1) is 0 Å². The molecule has 3 nitrogen and oxygen atoms in total. The van der Waals surface area contributed by atoms with Crippen molar-refractivity contribution in [2.45, 2.75) is 56.9 Å². The number of hydrogen-bond acceptors (Lipinski definition) is 2. The molecule has 0 heterocycles. The average Bonchev–Trinajstić information content (AvgIpc) is 2.37. The van der Waals surface area contributed by atoms with Crippen LogP contribution in [-0.2, 0) is 4.79 Å². The third-order valence-electron chi connectivity index (χ3n) is 4.14. The molecule has 0 radical (unpaired) electrons. The van der Waals surface area contributed by atoms with Gasteiger partial charge in [0, 0.05) is 24.4 Å². The number of amides is 1. The molecule has 1 aliphatic carbocycles. The second kappa shape index (κ2) is 8.00. The van der Waals surface area contributed by atoms with E-state index in [1.54, 1.807) is 0 Å². The SMILES string of the molecule is CN(C)C1(CNC(=O)CCCCCl)CCCCC1. The van der Waals surface area contributed by atoms with Crippen LogP contribution in [0.5, 0.6) is 0 Å². The van der Waals surface area contributed by atoms with Crippen molar-refractivity contribution in [2.75, 3.05) is 26.5 Å². The van der Waals surface area contributed by atoms with Gasteiger partial charge in [0.1, 0.15) is 0 Å². The third-order valence-corrected chi connectivity index (χ3v) is 4.40. The molecule has 0 aliphatic heterocycles. The van der Waals surface area contributed by atoms with Crippen LogP contribution in [-0.4, -0.2) is 42.9 Å². The van der Waals surface area contributed by atoms with Gasteiger partial charge < -0.3 is 10.2 Å². The van der Waals surface area contributed by atoms with Crippen molar-refractivity contribution >= 4 is 17.5 Å². The zero-order valence-electron chi connectivity index (χ0n) is 11.8. The minimum Gasteiger partial charge on any atom is -0.354 e. The van der Waals surface area contributed by atoms with Gasteiger partial charge in [-0.3, -0.25) is 4.79 Å². The number of unbranched alkanes of at least 4 members (excludes halogenated alkanes) is 1. The topological polar surface area (TPSA) is 32.3 Å². The highest BCUT2D eigenvalue weighted by Crippen LogP contribution is 2.31. The van der Waals surface area contributed by atoms with E-state index < -0.39 is 0 Å². The Morgan fingerprint density at radius 3 is 2.44 bits per heavy atom. The number of nitrogens with zero attached hydrogens (tertiary/aromatic N) is 1. The van der Waals surface area contributed by atoms with E-state index >= 15 is 0 Å². The highest BCUT2D eigenvalue weighted by Gasteiger charge is 2.34. The summed E-state index contributed by atoms with van der Waals surface area (Å²) in [5.41, 5.74) is 0.181. The van der Waals surface area contributed by atoms with E-state index in [9.17, 15) is 4.79 Å². The van der Waals surface area contributed by atoms with E-state index in [1.165, 1.54) is 32.1 Å².